The Labute approximate surface area is 124 Å². The molecule has 2 aromatic rings. The van der Waals surface area contributed by atoms with Gasteiger partial charge in [-0.25, -0.2) is 9.97 Å². The molecule has 4 N–H and O–H groups in total. The van der Waals surface area contributed by atoms with E-state index in [9.17, 15) is 5.11 Å². The number of anilines is 2. The predicted molar refractivity (Wildman–Crippen MR) is 83.7 cm³/mol. The van der Waals surface area contributed by atoms with Gasteiger partial charge in [0.05, 0.1) is 6.10 Å². The molecule has 1 heterocycles. The molecule has 1 saturated carbocycles. The molecule has 0 amide bonds. The van der Waals surface area contributed by atoms with Crippen LogP contribution in [0.5, 0.6) is 0 Å². The number of aromatic nitrogens is 2. The first-order valence-electron chi connectivity index (χ1n) is 7.11. The summed E-state index contributed by atoms with van der Waals surface area (Å²) >= 11 is 0. The number of aliphatic hydroxyl groups excluding tert-OH is 1. The number of aliphatic hydroxyl groups is 1. The van der Waals surface area contributed by atoms with Crippen molar-refractivity contribution in [1.29, 1.82) is 0 Å². The van der Waals surface area contributed by atoms with E-state index in [1.165, 1.54) is 0 Å². The molecule has 110 valence electrons. The summed E-state index contributed by atoms with van der Waals surface area (Å²) in [5.41, 5.74) is 6.66. The van der Waals surface area contributed by atoms with Crippen LogP contribution in [0.4, 0.5) is 11.6 Å². The maximum absolute atomic E-state index is 9.81. The zero-order valence-corrected chi connectivity index (χ0v) is 12.2. The average molecular weight is 284 g/mol. The SMILES string of the molecule is CC1(C)C(O)CC1Nc1cc(N)nc(-c2ccccc2)n1. The Hall–Kier alpha value is -2.14. The van der Waals surface area contributed by atoms with Crippen LogP contribution in [0, 0.1) is 5.41 Å². The molecular weight excluding hydrogens is 264 g/mol. The van der Waals surface area contributed by atoms with Crippen LogP contribution in [0.3, 0.4) is 0 Å². The molecule has 0 aliphatic heterocycles. The Balaban J connectivity index is 1.86. The second-order valence-electron chi connectivity index (χ2n) is 6.14. The summed E-state index contributed by atoms with van der Waals surface area (Å²) in [5, 5.41) is 13.2. The van der Waals surface area contributed by atoms with Crippen LogP contribution in [0.2, 0.25) is 0 Å². The van der Waals surface area contributed by atoms with Crippen molar-refractivity contribution in [2.75, 3.05) is 11.1 Å². The van der Waals surface area contributed by atoms with Crippen molar-refractivity contribution < 1.29 is 5.11 Å². The van der Waals surface area contributed by atoms with Gasteiger partial charge in [-0.05, 0) is 6.42 Å². The minimum Gasteiger partial charge on any atom is -0.392 e. The van der Waals surface area contributed by atoms with Crippen molar-refractivity contribution in [3.8, 4) is 11.4 Å². The highest BCUT2D eigenvalue weighted by atomic mass is 16.3. The molecule has 2 atom stereocenters. The highest BCUT2D eigenvalue weighted by Gasteiger charge is 2.47. The first kappa shape index (κ1) is 13.8. The van der Waals surface area contributed by atoms with E-state index in [2.05, 4.69) is 15.3 Å². The molecule has 1 fully saturated rings. The molecule has 0 bridgehead atoms. The summed E-state index contributed by atoms with van der Waals surface area (Å²) in [6.45, 7) is 4.09. The molecule has 0 saturated heterocycles. The van der Waals surface area contributed by atoms with Gasteiger partial charge >= 0.3 is 0 Å². The van der Waals surface area contributed by atoms with E-state index < -0.39 is 0 Å². The Morgan fingerprint density at radius 2 is 1.95 bits per heavy atom. The highest BCUT2D eigenvalue weighted by Crippen LogP contribution is 2.42. The van der Waals surface area contributed by atoms with Gasteiger partial charge in [-0.2, -0.15) is 0 Å². The first-order valence-corrected chi connectivity index (χ1v) is 7.11. The molecule has 1 aliphatic carbocycles. The van der Waals surface area contributed by atoms with E-state index in [0.717, 1.165) is 12.0 Å². The van der Waals surface area contributed by atoms with Crippen LogP contribution in [0.15, 0.2) is 36.4 Å². The molecule has 2 unspecified atom stereocenters. The maximum atomic E-state index is 9.81. The fourth-order valence-corrected chi connectivity index (χ4v) is 2.58. The highest BCUT2D eigenvalue weighted by molar-refractivity contribution is 5.60. The topological polar surface area (TPSA) is 84.1 Å². The number of benzene rings is 1. The van der Waals surface area contributed by atoms with Crippen molar-refractivity contribution in [2.45, 2.75) is 32.4 Å². The van der Waals surface area contributed by atoms with Crippen molar-refractivity contribution in [1.82, 2.24) is 9.97 Å². The van der Waals surface area contributed by atoms with E-state index in [0.29, 0.717) is 17.5 Å². The second-order valence-corrected chi connectivity index (χ2v) is 6.14. The van der Waals surface area contributed by atoms with Gasteiger partial charge in [-0.3, -0.25) is 0 Å². The van der Waals surface area contributed by atoms with Crippen molar-refractivity contribution in [3.05, 3.63) is 36.4 Å². The molecule has 5 heteroatoms. The van der Waals surface area contributed by atoms with Crippen LogP contribution in [0.1, 0.15) is 20.3 Å². The van der Waals surface area contributed by atoms with Gasteiger partial charge in [0.15, 0.2) is 5.82 Å². The maximum Gasteiger partial charge on any atom is 0.163 e. The van der Waals surface area contributed by atoms with Crippen molar-refractivity contribution in [2.24, 2.45) is 5.41 Å². The largest absolute Gasteiger partial charge is 0.392 e. The summed E-state index contributed by atoms with van der Waals surface area (Å²) in [6, 6.07) is 11.7. The van der Waals surface area contributed by atoms with Crippen molar-refractivity contribution >= 4 is 11.6 Å². The molecular formula is C16H20N4O. The van der Waals surface area contributed by atoms with Crippen LogP contribution in [0.25, 0.3) is 11.4 Å². The van der Waals surface area contributed by atoms with Gasteiger partial charge in [0.25, 0.3) is 0 Å². The fourth-order valence-electron chi connectivity index (χ4n) is 2.58. The van der Waals surface area contributed by atoms with Crippen LogP contribution >= 0.6 is 0 Å². The lowest BCUT2D eigenvalue weighted by Crippen LogP contribution is -2.57. The van der Waals surface area contributed by atoms with Gasteiger partial charge in [0, 0.05) is 23.1 Å². The number of nitrogens with zero attached hydrogens (tertiary/aromatic N) is 2. The number of hydrogen-bond acceptors (Lipinski definition) is 5. The lowest BCUT2D eigenvalue weighted by Gasteiger charge is -2.49. The number of rotatable bonds is 3. The zero-order chi connectivity index (χ0) is 15.0. The predicted octanol–water partition coefficient (Wildman–Crippen LogP) is 2.30. The first-order chi connectivity index (χ1) is 9.96. The van der Waals surface area contributed by atoms with E-state index in [-0.39, 0.29) is 17.6 Å². The molecule has 1 aromatic carbocycles. The van der Waals surface area contributed by atoms with Crippen LogP contribution in [-0.4, -0.2) is 27.2 Å². The Morgan fingerprint density at radius 1 is 1.24 bits per heavy atom. The Bertz CT molecular complexity index is 642. The molecule has 0 radical (unpaired) electrons. The normalized spacial score (nSPS) is 23.4. The smallest absolute Gasteiger partial charge is 0.163 e. The van der Waals surface area contributed by atoms with Gasteiger partial charge < -0.3 is 16.2 Å². The van der Waals surface area contributed by atoms with Crippen LogP contribution in [-0.2, 0) is 0 Å². The standard InChI is InChI=1S/C16H20N4O/c1-16(2)11(8-12(16)21)18-14-9-13(17)19-15(20-14)10-6-4-3-5-7-10/h3-7,9,11-12,21H,8H2,1-2H3,(H3,17,18,19,20). The van der Waals surface area contributed by atoms with Gasteiger partial charge in [-0.15, -0.1) is 0 Å². The fraction of sp³-hybridized carbons (Fsp3) is 0.375. The molecule has 1 aromatic heterocycles. The Morgan fingerprint density at radius 3 is 2.57 bits per heavy atom. The summed E-state index contributed by atoms with van der Waals surface area (Å²) < 4.78 is 0. The van der Waals surface area contributed by atoms with E-state index in [1.54, 1.807) is 6.07 Å². The molecule has 5 nitrogen and oxygen atoms in total. The van der Waals surface area contributed by atoms with E-state index >= 15 is 0 Å². The number of nitrogens with two attached hydrogens (primary N) is 1. The third kappa shape index (κ3) is 2.56. The summed E-state index contributed by atoms with van der Waals surface area (Å²) in [7, 11) is 0. The quantitative estimate of drug-likeness (QED) is 0.805. The van der Waals surface area contributed by atoms with Gasteiger partial charge in [0.1, 0.15) is 11.6 Å². The zero-order valence-electron chi connectivity index (χ0n) is 12.2. The summed E-state index contributed by atoms with van der Waals surface area (Å²) in [6.07, 6.45) is 0.445. The number of nitrogen functional groups attached to an aromatic ring is 1. The average Bonchev–Trinajstić information content (AvgIpc) is 2.47. The minimum absolute atomic E-state index is 0.160. The lowest BCUT2D eigenvalue weighted by molar-refractivity contribution is -0.0511. The third-order valence-electron chi connectivity index (χ3n) is 4.32. The second kappa shape index (κ2) is 5.00. The van der Waals surface area contributed by atoms with Gasteiger partial charge in [0.2, 0.25) is 0 Å². The van der Waals surface area contributed by atoms with Gasteiger partial charge in [-0.1, -0.05) is 44.2 Å². The van der Waals surface area contributed by atoms with E-state index in [4.69, 9.17) is 5.73 Å². The molecule has 0 spiro atoms. The summed E-state index contributed by atoms with van der Waals surface area (Å²) in [4.78, 5) is 8.82. The lowest BCUT2D eigenvalue weighted by atomic mass is 9.64. The number of nitrogens with one attached hydrogen (secondary N) is 1. The van der Waals surface area contributed by atoms with Crippen molar-refractivity contribution in [3.63, 3.8) is 0 Å². The molecule has 1 aliphatic rings. The minimum atomic E-state index is -0.275. The monoisotopic (exact) mass is 284 g/mol. The summed E-state index contributed by atoms with van der Waals surface area (Å²) in [5.74, 6) is 1.74. The Kier molecular flexibility index (Phi) is 3.29. The van der Waals surface area contributed by atoms with Crippen LogP contribution < -0.4 is 11.1 Å². The number of hydrogen-bond donors (Lipinski definition) is 3. The van der Waals surface area contributed by atoms with E-state index in [1.807, 2.05) is 44.2 Å². The molecule has 21 heavy (non-hydrogen) atoms. The third-order valence-corrected chi connectivity index (χ3v) is 4.32. The molecule has 3 rings (SSSR count).